The summed E-state index contributed by atoms with van der Waals surface area (Å²) in [6.45, 7) is 0.307. The van der Waals surface area contributed by atoms with Crippen LogP contribution in [-0.4, -0.2) is 23.3 Å². The van der Waals surface area contributed by atoms with Crippen molar-refractivity contribution in [1.29, 1.82) is 0 Å². The lowest BCUT2D eigenvalue weighted by molar-refractivity contribution is -0.118. The molecule has 24 heavy (non-hydrogen) atoms. The fourth-order valence-electron chi connectivity index (χ4n) is 1.82. The van der Waals surface area contributed by atoms with E-state index in [0.717, 1.165) is 5.56 Å². The molecule has 0 saturated carbocycles. The van der Waals surface area contributed by atoms with Crippen LogP contribution in [0.4, 0.5) is 14.5 Å². The van der Waals surface area contributed by atoms with E-state index in [9.17, 15) is 18.4 Å². The molecular weight excluding hydrogens is 334 g/mol. The molecule has 0 atom stereocenters. The number of carbonyl (C=O) groups is 2. The van der Waals surface area contributed by atoms with Gasteiger partial charge in [-0.25, -0.2) is 8.78 Å². The van der Waals surface area contributed by atoms with Crippen molar-refractivity contribution >= 4 is 29.3 Å². The van der Waals surface area contributed by atoms with Gasteiger partial charge < -0.3 is 10.6 Å². The summed E-state index contributed by atoms with van der Waals surface area (Å²) < 4.78 is 25.5. The Morgan fingerprint density at radius 2 is 1.38 bits per heavy atom. The maximum absolute atomic E-state index is 12.8. The Bertz CT molecular complexity index is 691. The van der Waals surface area contributed by atoms with Crippen LogP contribution in [0.15, 0.2) is 48.5 Å². The van der Waals surface area contributed by atoms with Gasteiger partial charge in [0.2, 0.25) is 11.8 Å². The summed E-state index contributed by atoms with van der Waals surface area (Å²) in [6, 6.07) is 11.3. The van der Waals surface area contributed by atoms with E-state index in [-0.39, 0.29) is 35.0 Å². The molecule has 0 aliphatic rings. The number of nitrogens with one attached hydrogen (secondary N) is 2. The summed E-state index contributed by atoms with van der Waals surface area (Å²) >= 11 is 1.17. The summed E-state index contributed by atoms with van der Waals surface area (Å²) in [5, 5.41) is 5.30. The van der Waals surface area contributed by atoms with Crippen molar-refractivity contribution < 1.29 is 18.4 Å². The van der Waals surface area contributed by atoms with Crippen molar-refractivity contribution in [3.8, 4) is 0 Å². The van der Waals surface area contributed by atoms with Gasteiger partial charge in [0.1, 0.15) is 11.6 Å². The zero-order valence-corrected chi connectivity index (χ0v) is 13.5. The van der Waals surface area contributed by atoms with Crippen LogP contribution < -0.4 is 10.6 Å². The van der Waals surface area contributed by atoms with Crippen molar-refractivity contribution in [3.63, 3.8) is 0 Å². The van der Waals surface area contributed by atoms with Gasteiger partial charge >= 0.3 is 0 Å². The number of amides is 2. The molecule has 4 nitrogen and oxygen atoms in total. The quantitative estimate of drug-likeness (QED) is 0.807. The molecule has 2 amide bonds. The summed E-state index contributed by atoms with van der Waals surface area (Å²) in [5.74, 6) is -0.927. The zero-order chi connectivity index (χ0) is 17.4. The van der Waals surface area contributed by atoms with E-state index in [1.165, 1.54) is 48.2 Å². The first-order valence-corrected chi connectivity index (χ1v) is 8.33. The molecule has 0 aromatic heterocycles. The molecule has 2 rings (SSSR count). The maximum atomic E-state index is 12.8. The SMILES string of the molecule is O=C(CSCC(=O)Nc1ccc(F)cc1)NCc1ccc(F)cc1. The van der Waals surface area contributed by atoms with E-state index in [1.54, 1.807) is 12.1 Å². The third kappa shape index (κ3) is 6.37. The van der Waals surface area contributed by atoms with Gasteiger partial charge in [-0.15, -0.1) is 11.8 Å². The lowest BCUT2D eigenvalue weighted by Gasteiger charge is -2.06. The zero-order valence-electron chi connectivity index (χ0n) is 12.7. The Morgan fingerprint density at radius 1 is 0.833 bits per heavy atom. The lowest BCUT2D eigenvalue weighted by Crippen LogP contribution is -2.25. The predicted molar refractivity (Wildman–Crippen MR) is 90.6 cm³/mol. The third-order valence-electron chi connectivity index (χ3n) is 3.00. The Balaban J connectivity index is 1.63. The van der Waals surface area contributed by atoms with Crippen LogP contribution in [-0.2, 0) is 16.1 Å². The molecule has 0 saturated heterocycles. The molecule has 126 valence electrons. The lowest BCUT2D eigenvalue weighted by atomic mass is 10.2. The summed E-state index contributed by atoms with van der Waals surface area (Å²) in [7, 11) is 0. The van der Waals surface area contributed by atoms with Crippen molar-refractivity contribution in [2.75, 3.05) is 16.8 Å². The standard InChI is InChI=1S/C17H16F2N2O2S/c18-13-3-1-12(2-4-13)9-20-16(22)10-24-11-17(23)21-15-7-5-14(19)6-8-15/h1-8H,9-11H2,(H,20,22)(H,21,23). The average molecular weight is 350 g/mol. The molecule has 0 fully saturated rings. The highest BCUT2D eigenvalue weighted by molar-refractivity contribution is 8.00. The number of thioether (sulfide) groups is 1. The van der Waals surface area contributed by atoms with E-state index in [1.807, 2.05) is 0 Å². The Hall–Kier alpha value is -2.41. The second kappa shape index (κ2) is 9.02. The minimum atomic E-state index is -0.375. The van der Waals surface area contributed by atoms with Crippen LogP contribution in [0.25, 0.3) is 0 Å². The van der Waals surface area contributed by atoms with Gasteiger partial charge in [0, 0.05) is 12.2 Å². The van der Waals surface area contributed by atoms with Crippen LogP contribution in [0.5, 0.6) is 0 Å². The molecular formula is C17H16F2N2O2S. The molecule has 2 N–H and O–H groups in total. The normalized spacial score (nSPS) is 10.2. The highest BCUT2D eigenvalue weighted by Gasteiger charge is 2.06. The average Bonchev–Trinajstić information content (AvgIpc) is 2.56. The minimum Gasteiger partial charge on any atom is -0.351 e. The number of benzene rings is 2. The molecule has 7 heteroatoms. The first kappa shape index (κ1) is 17.9. The van der Waals surface area contributed by atoms with E-state index in [0.29, 0.717) is 12.2 Å². The number of halogens is 2. The molecule has 0 unspecified atom stereocenters. The molecule has 0 bridgehead atoms. The van der Waals surface area contributed by atoms with Crippen molar-refractivity contribution in [3.05, 3.63) is 65.7 Å². The highest BCUT2D eigenvalue weighted by atomic mass is 32.2. The molecule has 0 radical (unpaired) electrons. The molecule has 0 aliphatic heterocycles. The number of carbonyl (C=O) groups excluding carboxylic acids is 2. The molecule has 2 aromatic rings. The first-order valence-electron chi connectivity index (χ1n) is 7.17. The summed E-state index contributed by atoms with van der Waals surface area (Å²) in [6.07, 6.45) is 0. The van der Waals surface area contributed by atoms with Crippen LogP contribution in [0.1, 0.15) is 5.56 Å². The van der Waals surface area contributed by atoms with Gasteiger partial charge in [0.25, 0.3) is 0 Å². The van der Waals surface area contributed by atoms with Gasteiger partial charge in [-0.1, -0.05) is 12.1 Å². The van der Waals surface area contributed by atoms with Crippen LogP contribution in [0.2, 0.25) is 0 Å². The smallest absolute Gasteiger partial charge is 0.234 e. The molecule has 0 spiro atoms. The molecule has 2 aromatic carbocycles. The fraction of sp³-hybridized carbons (Fsp3) is 0.176. The fourth-order valence-corrected chi connectivity index (χ4v) is 2.47. The van der Waals surface area contributed by atoms with Crippen LogP contribution in [0, 0.1) is 11.6 Å². The van der Waals surface area contributed by atoms with Crippen LogP contribution >= 0.6 is 11.8 Å². The third-order valence-corrected chi connectivity index (χ3v) is 3.93. The first-order chi connectivity index (χ1) is 11.5. The van der Waals surface area contributed by atoms with Crippen LogP contribution in [0.3, 0.4) is 0 Å². The second-order valence-electron chi connectivity index (χ2n) is 4.95. The highest BCUT2D eigenvalue weighted by Crippen LogP contribution is 2.09. The number of hydrogen-bond acceptors (Lipinski definition) is 3. The van der Waals surface area contributed by atoms with Gasteiger partial charge in [0.15, 0.2) is 0 Å². The minimum absolute atomic E-state index is 0.112. The van der Waals surface area contributed by atoms with E-state index in [2.05, 4.69) is 10.6 Å². The molecule has 0 aliphatic carbocycles. The van der Waals surface area contributed by atoms with Gasteiger partial charge in [-0.3, -0.25) is 9.59 Å². The summed E-state index contributed by atoms with van der Waals surface area (Å²) in [5.41, 5.74) is 1.30. The molecule has 0 heterocycles. The second-order valence-corrected chi connectivity index (χ2v) is 5.94. The maximum Gasteiger partial charge on any atom is 0.234 e. The van der Waals surface area contributed by atoms with Crippen molar-refractivity contribution in [2.45, 2.75) is 6.54 Å². The van der Waals surface area contributed by atoms with E-state index < -0.39 is 0 Å². The Kier molecular flexibility index (Phi) is 6.74. The Morgan fingerprint density at radius 3 is 2.00 bits per heavy atom. The largest absolute Gasteiger partial charge is 0.351 e. The van der Waals surface area contributed by atoms with Crippen molar-refractivity contribution in [2.24, 2.45) is 0 Å². The monoisotopic (exact) mass is 350 g/mol. The number of anilines is 1. The van der Waals surface area contributed by atoms with Gasteiger partial charge in [0.05, 0.1) is 11.5 Å². The van der Waals surface area contributed by atoms with E-state index >= 15 is 0 Å². The Labute approximate surface area is 142 Å². The van der Waals surface area contributed by atoms with Gasteiger partial charge in [-0.05, 0) is 42.0 Å². The van der Waals surface area contributed by atoms with Gasteiger partial charge in [-0.2, -0.15) is 0 Å². The topological polar surface area (TPSA) is 58.2 Å². The predicted octanol–water partition coefficient (Wildman–Crippen LogP) is 2.95. The number of hydrogen-bond donors (Lipinski definition) is 2. The number of rotatable bonds is 7. The van der Waals surface area contributed by atoms with E-state index in [4.69, 9.17) is 0 Å². The van der Waals surface area contributed by atoms with Crippen molar-refractivity contribution in [1.82, 2.24) is 5.32 Å². The summed E-state index contributed by atoms with van der Waals surface area (Å²) in [4.78, 5) is 23.4.